The largest absolute Gasteiger partial charge is 0.496 e. The van der Waals surface area contributed by atoms with Gasteiger partial charge >= 0.3 is 0 Å². The molecule has 2 aromatic rings. The molecular formula is C19H21N3O3. The van der Waals surface area contributed by atoms with Crippen LogP contribution in [0.4, 0.5) is 0 Å². The van der Waals surface area contributed by atoms with Gasteiger partial charge in [0.25, 0.3) is 0 Å². The maximum absolute atomic E-state index is 12.2. The van der Waals surface area contributed by atoms with E-state index in [-0.39, 0.29) is 23.7 Å². The third kappa shape index (κ3) is 4.35. The van der Waals surface area contributed by atoms with Crippen molar-refractivity contribution in [2.24, 2.45) is 11.8 Å². The van der Waals surface area contributed by atoms with Crippen LogP contribution in [0.1, 0.15) is 17.5 Å². The summed E-state index contributed by atoms with van der Waals surface area (Å²) < 4.78 is 5.27. The van der Waals surface area contributed by atoms with E-state index in [4.69, 9.17) is 4.74 Å². The Morgan fingerprint density at radius 2 is 1.80 bits per heavy atom. The first-order valence-corrected chi connectivity index (χ1v) is 8.25. The third-order valence-electron chi connectivity index (χ3n) is 4.30. The summed E-state index contributed by atoms with van der Waals surface area (Å²) in [5, 5.41) is 5.74. The van der Waals surface area contributed by atoms with Crippen LogP contribution < -0.4 is 15.4 Å². The SMILES string of the molecule is COc1ccccc1CNC(=O)C1CC1C(=O)NCc1cccnc1. The highest BCUT2D eigenvalue weighted by atomic mass is 16.5. The standard InChI is InChI=1S/C19H21N3O3/c1-25-17-7-3-2-6-14(17)12-22-19(24)16-9-15(16)18(23)21-11-13-5-4-8-20-10-13/h2-8,10,15-16H,9,11-12H2,1H3,(H,21,23)(H,22,24). The van der Waals surface area contributed by atoms with E-state index in [0.29, 0.717) is 19.5 Å². The van der Waals surface area contributed by atoms with E-state index in [2.05, 4.69) is 15.6 Å². The Hall–Kier alpha value is -2.89. The molecule has 1 aromatic carbocycles. The normalized spacial score (nSPS) is 18.3. The Bertz CT molecular complexity index is 749. The zero-order valence-corrected chi connectivity index (χ0v) is 14.1. The number of aromatic nitrogens is 1. The number of benzene rings is 1. The van der Waals surface area contributed by atoms with E-state index in [1.807, 2.05) is 36.4 Å². The van der Waals surface area contributed by atoms with Crippen LogP contribution in [0, 0.1) is 11.8 Å². The minimum Gasteiger partial charge on any atom is -0.496 e. The molecule has 1 saturated carbocycles. The molecule has 2 amide bonds. The number of pyridine rings is 1. The summed E-state index contributed by atoms with van der Waals surface area (Å²) in [7, 11) is 1.60. The molecule has 0 aliphatic heterocycles. The predicted molar refractivity (Wildman–Crippen MR) is 92.5 cm³/mol. The Kier molecular flexibility index (Phi) is 5.28. The van der Waals surface area contributed by atoms with Crippen molar-refractivity contribution in [3.05, 3.63) is 59.9 Å². The number of rotatable bonds is 7. The van der Waals surface area contributed by atoms with Gasteiger partial charge in [-0.3, -0.25) is 14.6 Å². The van der Waals surface area contributed by atoms with Crippen LogP contribution in [0.15, 0.2) is 48.8 Å². The minimum atomic E-state index is -0.247. The van der Waals surface area contributed by atoms with Crippen molar-refractivity contribution in [1.29, 1.82) is 0 Å². The van der Waals surface area contributed by atoms with Crippen molar-refractivity contribution < 1.29 is 14.3 Å². The smallest absolute Gasteiger partial charge is 0.224 e. The average molecular weight is 339 g/mol. The van der Waals surface area contributed by atoms with Crippen molar-refractivity contribution in [3.8, 4) is 5.75 Å². The lowest BCUT2D eigenvalue weighted by Crippen LogP contribution is -2.29. The molecule has 130 valence electrons. The van der Waals surface area contributed by atoms with Crippen LogP contribution in [-0.4, -0.2) is 23.9 Å². The van der Waals surface area contributed by atoms with Gasteiger partial charge in [0.15, 0.2) is 0 Å². The molecule has 3 rings (SSSR count). The maximum atomic E-state index is 12.2. The Labute approximate surface area is 146 Å². The fourth-order valence-corrected chi connectivity index (χ4v) is 2.76. The lowest BCUT2D eigenvalue weighted by Gasteiger charge is -2.09. The molecule has 6 nitrogen and oxygen atoms in total. The first kappa shape index (κ1) is 17.0. The summed E-state index contributed by atoms with van der Waals surface area (Å²) in [5.41, 5.74) is 1.85. The molecule has 0 radical (unpaired) electrons. The number of amides is 2. The Morgan fingerprint density at radius 1 is 1.08 bits per heavy atom. The van der Waals surface area contributed by atoms with Crippen molar-refractivity contribution in [3.63, 3.8) is 0 Å². The molecule has 1 fully saturated rings. The summed E-state index contributed by atoms with van der Waals surface area (Å²) in [6, 6.07) is 11.3. The topological polar surface area (TPSA) is 80.3 Å². The number of methoxy groups -OCH3 is 1. The van der Waals surface area contributed by atoms with E-state index in [9.17, 15) is 9.59 Å². The number of hydrogen-bond donors (Lipinski definition) is 2. The van der Waals surface area contributed by atoms with Crippen LogP contribution >= 0.6 is 0 Å². The average Bonchev–Trinajstić information content (AvgIpc) is 3.46. The van der Waals surface area contributed by atoms with E-state index in [1.165, 1.54) is 0 Å². The van der Waals surface area contributed by atoms with Crippen molar-refractivity contribution in [2.75, 3.05) is 7.11 Å². The van der Waals surface area contributed by atoms with Crippen molar-refractivity contribution in [2.45, 2.75) is 19.5 Å². The molecule has 0 saturated heterocycles. The molecular weight excluding hydrogens is 318 g/mol. The number of nitrogens with one attached hydrogen (secondary N) is 2. The summed E-state index contributed by atoms with van der Waals surface area (Å²) in [6.07, 6.45) is 4.00. The highest BCUT2D eigenvalue weighted by molar-refractivity contribution is 5.92. The van der Waals surface area contributed by atoms with Gasteiger partial charge in [0, 0.05) is 31.0 Å². The fraction of sp³-hybridized carbons (Fsp3) is 0.316. The van der Waals surface area contributed by atoms with E-state index in [0.717, 1.165) is 16.9 Å². The second-order valence-corrected chi connectivity index (χ2v) is 6.06. The summed E-state index contributed by atoms with van der Waals surface area (Å²) >= 11 is 0. The number of carbonyl (C=O) groups excluding carboxylic acids is 2. The Morgan fingerprint density at radius 3 is 2.48 bits per heavy atom. The van der Waals surface area contributed by atoms with Crippen LogP contribution in [0.3, 0.4) is 0 Å². The van der Waals surface area contributed by atoms with Gasteiger partial charge in [-0.05, 0) is 24.1 Å². The van der Waals surface area contributed by atoms with Gasteiger partial charge in [0.2, 0.25) is 11.8 Å². The first-order chi connectivity index (χ1) is 12.2. The summed E-state index contributed by atoms with van der Waals surface area (Å²) in [6.45, 7) is 0.822. The number of carbonyl (C=O) groups is 2. The molecule has 1 aliphatic carbocycles. The molecule has 0 spiro atoms. The van der Waals surface area contributed by atoms with Gasteiger partial charge in [0.05, 0.1) is 18.9 Å². The van der Waals surface area contributed by atoms with Gasteiger partial charge in [-0.1, -0.05) is 24.3 Å². The molecule has 1 aromatic heterocycles. The molecule has 1 heterocycles. The first-order valence-electron chi connectivity index (χ1n) is 8.25. The minimum absolute atomic E-state index is 0.0821. The monoisotopic (exact) mass is 339 g/mol. The van der Waals surface area contributed by atoms with E-state index >= 15 is 0 Å². The van der Waals surface area contributed by atoms with Crippen LogP contribution in [-0.2, 0) is 22.7 Å². The van der Waals surface area contributed by atoms with Gasteiger partial charge in [-0.25, -0.2) is 0 Å². The van der Waals surface area contributed by atoms with Crippen molar-refractivity contribution >= 4 is 11.8 Å². The van der Waals surface area contributed by atoms with Gasteiger partial charge < -0.3 is 15.4 Å². The number of ether oxygens (including phenoxy) is 1. The van der Waals surface area contributed by atoms with E-state index in [1.54, 1.807) is 19.5 Å². The quantitative estimate of drug-likeness (QED) is 0.804. The summed E-state index contributed by atoms with van der Waals surface area (Å²) in [4.78, 5) is 28.4. The predicted octanol–water partition coefficient (Wildman–Crippen LogP) is 1.66. The third-order valence-corrected chi connectivity index (χ3v) is 4.30. The molecule has 25 heavy (non-hydrogen) atoms. The van der Waals surface area contributed by atoms with Crippen molar-refractivity contribution in [1.82, 2.24) is 15.6 Å². The fourth-order valence-electron chi connectivity index (χ4n) is 2.76. The number of hydrogen-bond acceptors (Lipinski definition) is 4. The number of para-hydroxylation sites is 1. The highest BCUT2D eigenvalue weighted by Gasteiger charge is 2.47. The molecule has 2 N–H and O–H groups in total. The van der Waals surface area contributed by atoms with Crippen LogP contribution in [0.25, 0.3) is 0 Å². The highest BCUT2D eigenvalue weighted by Crippen LogP contribution is 2.38. The van der Waals surface area contributed by atoms with Gasteiger partial charge in [0.1, 0.15) is 5.75 Å². The van der Waals surface area contributed by atoms with Crippen LogP contribution in [0.2, 0.25) is 0 Å². The summed E-state index contributed by atoms with van der Waals surface area (Å²) in [5.74, 6) is 0.0797. The van der Waals surface area contributed by atoms with Gasteiger partial charge in [-0.2, -0.15) is 0 Å². The second kappa shape index (κ2) is 7.79. The lowest BCUT2D eigenvalue weighted by molar-refractivity contribution is -0.127. The maximum Gasteiger partial charge on any atom is 0.224 e. The number of nitrogens with zero attached hydrogens (tertiary/aromatic N) is 1. The van der Waals surface area contributed by atoms with E-state index < -0.39 is 0 Å². The van der Waals surface area contributed by atoms with Gasteiger partial charge in [-0.15, -0.1) is 0 Å². The molecule has 2 atom stereocenters. The lowest BCUT2D eigenvalue weighted by atomic mass is 10.2. The molecule has 1 aliphatic rings. The zero-order chi connectivity index (χ0) is 17.6. The second-order valence-electron chi connectivity index (χ2n) is 6.06. The zero-order valence-electron chi connectivity index (χ0n) is 14.1. The Balaban J connectivity index is 1.44. The van der Waals surface area contributed by atoms with Crippen LogP contribution in [0.5, 0.6) is 5.75 Å². The molecule has 6 heteroatoms. The molecule has 2 unspecified atom stereocenters. The molecule has 0 bridgehead atoms.